The van der Waals surface area contributed by atoms with Crippen molar-refractivity contribution in [2.24, 2.45) is 0 Å². The first kappa shape index (κ1) is 25.5. The molecule has 0 bridgehead atoms. The van der Waals surface area contributed by atoms with E-state index in [1.807, 2.05) is 0 Å². The quantitative estimate of drug-likeness (QED) is 0.171. The summed E-state index contributed by atoms with van der Waals surface area (Å²) in [6.45, 7) is 0. The van der Waals surface area contributed by atoms with Crippen molar-refractivity contribution >= 4 is 46.3 Å². The second kappa shape index (κ2) is 9.48. The first-order chi connectivity index (χ1) is 17.0. The lowest BCUT2D eigenvalue weighted by molar-refractivity contribution is -0.137. The summed E-state index contributed by atoms with van der Waals surface area (Å²) in [6, 6.07) is 9.67. The summed E-state index contributed by atoms with van der Waals surface area (Å²) in [5.41, 5.74) is -1.94. The highest BCUT2D eigenvalue weighted by atomic mass is 35.5. The summed E-state index contributed by atoms with van der Waals surface area (Å²) in [4.78, 5) is 27.1. The number of halogens is 6. The van der Waals surface area contributed by atoms with Crippen LogP contribution < -0.4 is 9.64 Å². The minimum Gasteiger partial charge on any atom is -0.507 e. The summed E-state index contributed by atoms with van der Waals surface area (Å²) in [5, 5.41) is 11.3. The van der Waals surface area contributed by atoms with E-state index in [1.54, 1.807) is 0 Å². The zero-order valence-corrected chi connectivity index (χ0v) is 19.7. The molecule has 0 aromatic heterocycles. The summed E-state index contributed by atoms with van der Waals surface area (Å²) in [6.07, 6.45) is -4.64. The van der Waals surface area contributed by atoms with Gasteiger partial charge in [0.1, 0.15) is 17.3 Å². The first-order valence-electron chi connectivity index (χ1n) is 10.2. The monoisotopic (exact) mass is 539 g/mol. The van der Waals surface area contributed by atoms with E-state index in [2.05, 4.69) is 0 Å². The molecule has 1 N–H and O–H groups in total. The molecule has 1 fully saturated rings. The van der Waals surface area contributed by atoms with Gasteiger partial charge in [-0.1, -0.05) is 41.4 Å². The van der Waals surface area contributed by atoms with E-state index < -0.39 is 46.6 Å². The Bertz CT molecular complexity index is 1400. The number of aliphatic hydroxyl groups excluding tert-OH is 1. The topological polar surface area (TPSA) is 66.8 Å². The lowest BCUT2D eigenvalue weighted by Gasteiger charge is -2.26. The predicted molar refractivity (Wildman–Crippen MR) is 126 cm³/mol. The molecule has 1 amide bonds. The van der Waals surface area contributed by atoms with E-state index in [0.717, 1.165) is 35.2 Å². The highest BCUT2D eigenvalue weighted by molar-refractivity contribution is 6.52. The standard InChI is InChI=1S/C25H15Cl2F4NO4/c1-36-23-16(10-13(26)11-17(23)27)21(33)19-20(15-4-2-3-5-18(15)28)32(24(35)22(19)34)14-8-6-12(7-9-14)25(29,30)31/h2-11,20,33H,1H3/b21-19+. The van der Waals surface area contributed by atoms with Crippen molar-refractivity contribution in [1.29, 1.82) is 0 Å². The molecule has 11 heteroatoms. The molecule has 0 spiro atoms. The van der Waals surface area contributed by atoms with Gasteiger partial charge in [-0.2, -0.15) is 13.2 Å². The lowest BCUT2D eigenvalue weighted by Crippen LogP contribution is -2.30. The van der Waals surface area contributed by atoms with E-state index in [9.17, 15) is 32.3 Å². The second-order valence-corrected chi connectivity index (χ2v) is 8.55. The third-order valence-electron chi connectivity index (χ3n) is 5.58. The molecule has 5 nitrogen and oxygen atoms in total. The molecule has 36 heavy (non-hydrogen) atoms. The summed E-state index contributed by atoms with van der Waals surface area (Å²) >= 11 is 12.2. The number of nitrogens with zero attached hydrogens (tertiary/aromatic N) is 1. The number of rotatable bonds is 4. The van der Waals surface area contributed by atoms with Gasteiger partial charge in [-0.05, 0) is 42.5 Å². The first-order valence-corrected chi connectivity index (χ1v) is 11.0. The Hall–Kier alpha value is -3.56. The van der Waals surface area contributed by atoms with Gasteiger partial charge in [0.2, 0.25) is 0 Å². The van der Waals surface area contributed by atoms with Crippen molar-refractivity contribution in [1.82, 2.24) is 0 Å². The molecule has 1 saturated heterocycles. The summed E-state index contributed by atoms with van der Waals surface area (Å²) < 4.78 is 59.4. The van der Waals surface area contributed by atoms with Crippen molar-refractivity contribution in [3.8, 4) is 5.75 Å². The number of hydrogen-bond acceptors (Lipinski definition) is 4. The minimum atomic E-state index is -4.64. The number of methoxy groups -OCH3 is 1. The molecule has 0 aliphatic carbocycles. The molecule has 1 heterocycles. The molecule has 3 aromatic carbocycles. The Morgan fingerprint density at radius 1 is 1.03 bits per heavy atom. The summed E-state index contributed by atoms with van der Waals surface area (Å²) in [5.74, 6) is -4.01. The van der Waals surface area contributed by atoms with Gasteiger partial charge in [-0.25, -0.2) is 4.39 Å². The van der Waals surface area contributed by atoms with Crippen molar-refractivity contribution < 1.29 is 37.0 Å². The van der Waals surface area contributed by atoms with Gasteiger partial charge < -0.3 is 9.84 Å². The number of ether oxygens (including phenoxy) is 1. The normalized spacial score (nSPS) is 17.5. The fraction of sp³-hybridized carbons (Fsp3) is 0.120. The predicted octanol–water partition coefficient (Wildman–Crippen LogP) is 6.79. The largest absolute Gasteiger partial charge is 0.507 e. The fourth-order valence-corrected chi connectivity index (χ4v) is 4.56. The number of aliphatic hydroxyl groups is 1. The van der Waals surface area contributed by atoms with Crippen LogP contribution in [0.5, 0.6) is 5.75 Å². The SMILES string of the molecule is COc1c(Cl)cc(Cl)cc1/C(O)=C1\C(=O)C(=O)N(c2ccc(C(F)(F)F)cc2)C1c1ccccc1F. The number of amides is 1. The number of anilines is 1. The maximum atomic E-state index is 14.9. The highest BCUT2D eigenvalue weighted by Crippen LogP contribution is 2.45. The van der Waals surface area contributed by atoms with Crippen LogP contribution in [0.15, 0.2) is 66.2 Å². The Morgan fingerprint density at radius 3 is 2.25 bits per heavy atom. The number of ketones is 1. The van der Waals surface area contributed by atoms with E-state index in [4.69, 9.17) is 27.9 Å². The van der Waals surface area contributed by atoms with Crippen LogP contribution in [0.2, 0.25) is 10.0 Å². The van der Waals surface area contributed by atoms with Gasteiger partial charge >= 0.3 is 6.18 Å². The second-order valence-electron chi connectivity index (χ2n) is 7.70. The average Bonchev–Trinajstić information content (AvgIpc) is 3.08. The molecule has 1 aliphatic heterocycles. The maximum Gasteiger partial charge on any atom is 0.416 e. The number of alkyl halides is 3. The average molecular weight is 540 g/mol. The zero-order valence-electron chi connectivity index (χ0n) is 18.2. The molecule has 1 unspecified atom stereocenters. The highest BCUT2D eigenvalue weighted by Gasteiger charge is 2.48. The Morgan fingerprint density at radius 2 is 1.67 bits per heavy atom. The molecule has 3 aromatic rings. The van der Waals surface area contributed by atoms with Crippen LogP contribution in [0, 0.1) is 5.82 Å². The van der Waals surface area contributed by atoms with Gasteiger partial charge in [0, 0.05) is 16.3 Å². The molecule has 4 rings (SSSR count). The van der Waals surface area contributed by atoms with Crippen LogP contribution in [0.3, 0.4) is 0 Å². The zero-order chi connectivity index (χ0) is 26.4. The number of carbonyl (C=O) groups excluding carboxylic acids is 2. The van der Waals surface area contributed by atoms with Gasteiger partial charge in [0.05, 0.1) is 34.9 Å². The Balaban J connectivity index is 1.99. The molecule has 1 aliphatic rings. The number of benzene rings is 3. The van der Waals surface area contributed by atoms with Crippen LogP contribution in [-0.2, 0) is 15.8 Å². The Labute approximate surface area is 212 Å². The van der Waals surface area contributed by atoms with Gasteiger partial charge in [0.15, 0.2) is 0 Å². The van der Waals surface area contributed by atoms with Crippen LogP contribution in [0.25, 0.3) is 5.76 Å². The fourth-order valence-electron chi connectivity index (χ4n) is 3.99. The molecule has 186 valence electrons. The van der Waals surface area contributed by atoms with E-state index in [0.29, 0.717) is 0 Å². The summed E-state index contributed by atoms with van der Waals surface area (Å²) in [7, 11) is 1.25. The number of carbonyl (C=O) groups is 2. The van der Waals surface area contributed by atoms with Gasteiger partial charge in [-0.15, -0.1) is 0 Å². The molecule has 1 atom stereocenters. The minimum absolute atomic E-state index is 0.00837. The van der Waals surface area contributed by atoms with Crippen molar-refractivity contribution in [3.05, 3.63) is 98.8 Å². The van der Waals surface area contributed by atoms with Crippen LogP contribution in [0.1, 0.15) is 22.7 Å². The van der Waals surface area contributed by atoms with E-state index in [1.165, 1.54) is 37.4 Å². The van der Waals surface area contributed by atoms with Crippen molar-refractivity contribution in [2.45, 2.75) is 12.2 Å². The Kier molecular flexibility index (Phi) is 6.72. The molecule has 0 radical (unpaired) electrons. The van der Waals surface area contributed by atoms with Crippen LogP contribution in [-0.4, -0.2) is 23.9 Å². The van der Waals surface area contributed by atoms with E-state index in [-0.39, 0.29) is 32.6 Å². The molecular weight excluding hydrogens is 525 g/mol. The van der Waals surface area contributed by atoms with Gasteiger partial charge in [-0.3, -0.25) is 14.5 Å². The number of hydrogen-bond donors (Lipinski definition) is 1. The third-order valence-corrected chi connectivity index (χ3v) is 6.08. The van der Waals surface area contributed by atoms with Crippen LogP contribution >= 0.6 is 23.2 Å². The molecular formula is C25H15Cl2F4NO4. The third kappa shape index (κ3) is 4.40. The van der Waals surface area contributed by atoms with Gasteiger partial charge in [0.25, 0.3) is 11.7 Å². The smallest absolute Gasteiger partial charge is 0.416 e. The van der Waals surface area contributed by atoms with Crippen LogP contribution in [0.4, 0.5) is 23.2 Å². The number of Topliss-reactive ketones (excluding diaryl/α,β-unsaturated/α-hetero) is 1. The van der Waals surface area contributed by atoms with E-state index >= 15 is 0 Å². The van der Waals surface area contributed by atoms with Crippen molar-refractivity contribution in [3.63, 3.8) is 0 Å². The molecule has 0 saturated carbocycles. The maximum absolute atomic E-state index is 14.9. The van der Waals surface area contributed by atoms with Crippen molar-refractivity contribution in [2.75, 3.05) is 12.0 Å². The lowest BCUT2D eigenvalue weighted by atomic mass is 9.94.